The molecular formula is C24H16O3. The van der Waals surface area contributed by atoms with Crippen LogP contribution < -0.4 is 5.63 Å². The molecule has 27 heavy (non-hydrogen) atoms. The van der Waals surface area contributed by atoms with Crippen LogP contribution in [0.3, 0.4) is 0 Å². The topological polar surface area (TPSA) is 43.4 Å². The minimum atomic E-state index is -0.370. The lowest BCUT2D eigenvalue weighted by molar-refractivity contribution is 0.553. The highest BCUT2D eigenvalue weighted by atomic mass is 16.4. The second-order valence-corrected chi connectivity index (χ2v) is 6.52. The first-order chi connectivity index (χ1) is 13.3. The van der Waals surface area contributed by atoms with Crippen molar-refractivity contribution in [2.24, 2.45) is 0 Å². The highest BCUT2D eigenvalue weighted by molar-refractivity contribution is 6.07. The van der Waals surface area contributed by atoms with Gasteiger partial charge in [0.05, 0.1) is 5.39 Å². The van der Waals surface area contributed by atoms with Crippen molar-refractivity contribution in [3.63, 3.8) is 0 Å². The summed E-state index contributed by atoms with van der Waals surface area (Å²) in [6.07, 6.45) is 0.605. The molecule has 0 aliphatic rings. The fraction of sp³-hybridized carbons (Fsp3) is 0.0417. The fourth-order valence-electron chi connectivity index (χ4n) is 3.57. The molecule has 0 saturated heterocycles. The maximum Gasteiger partial charge on any atom is 0.348 e. The van der Waals surface area contributed by atoms with Crippen LogP contribution in [-0.2, 0) is 6.42 Å². The molecule has 130 valence electrons. The first-order valence-electron chi connectivity index (χ1n) is 8.88. The van der Waals surface area contributed by atoms with Crippen LogP contribution in [0.1, 0.15) is 11.3 Å². The van der Waals surface area contributed by atoms with Gasteiger partial charge in [-0.3, -0.25) is 0 Å². The maximum atomic E-state index is 12.8. The number of benzene rings is 3. The highest BCUT2D eigenvalue weighted by Gasteiger charge is 2.22. The molecule has 2 aromatic heterocycles. The Morgan fingerprint density at radius 3 is 2.15 bits per heavy atom. The Balaban J connectivity index is 1.86. The zero-order valence-corrected chi connectivity index (χ0v) is 14.5. The predicted molar refractivity (Wildman–Crippen MR) is 107 cm³/mol. The van der Waals surface area contributed by atoms with Crippen molar-refractivity contribution in [2.45, 2.75) is 6.42 Å². The van der Waals surface area contributed by atoms with Crippen molar-refractivity contribution in [2.75, 3.05) is 0 Å². The summed E-state index contributed by atoms with van der Waals surface area (Å²) >= 11 is 0. The molecule has 0 N–H and O–H groups in total. The first kappa shape index (κ1) is 15.6. The van der Waals surface area contributed by atoms with Crippen molar-refractivity contribution < 1.29 is 8.83 Å². The van der Waals surface area contributed by atoms with Crippen LogP contribution in [0.4, 0.5) is 0 Å². The second kappa shape index (κ2) is 6.29. The van der Waals surface area contributed by atoms with E-state index in [9.17, 15) is 4.79 Å². The summed E-state index contributed by atoms with van der Waals surface area (Å²) in [5.41, 5.74) is 3.65. The van der Waals surface area contributed by atoms with Crippen LogP contribution in [0.2, 0.25) is 0 Å². The summed E-state index contributed by atoms with van der Waals surface area (Å²) < 4.78 is 11.9. The molecular weight excluding hydrogens is 336 g/mol. The van der Waals surface area contributed by atoms with Crippen LogP contribution in [0, 0.1) is 0 Å². The zero-order valence-electron chi connectivity index (χ0n) is 14.5. The molecule has 0 aliphatic carbocycles. The Morgan fingerprint density at radius 2 is 1.37 bits per heavy atom. The van der Waals surface area contributed by atoms with E-state index in [2.05, 4.69) is 12.1 Å². The minimum Gasteiger partial charge on any atom is -0.459 e. The molecule has 0 spiro atoms. The molecule has 3 heteroatoms. The third kappa shape index (κ3) is 2.64. The summed E-state index contributed by atoms with van der Waals surface area (Å²) in [6.45, 7) is 0. The normalized spacial score (nSPS) is 11.3. The number of hydrogen-bond acceptors (Lipinski definition) is 3. The molecule has 0 atom stereocenters. The average molecular weight is 352 g/mol. The molecule has 0 bridgehead atoms. The Hall–Kier alpha value is -3.59. The van der Waals surface area contributed by atoms with Gasteiger partial charge in [0.25, 0.3) is 0 Å². The second-order valence-electron chi connectivity index (χ2n) is 6.52. The first-order valence-corrected chi connectivity index (χ1v) is 8.88. The number of rotatable bonds is 3. The van der Waals surface area contributed by atoms with Crippen molar-refractivity contribution in [1.82, 2.24) is 0 Å². The lowest BCUT2D eigenvalue weighted by Gasteiger charge is -2.03. The zero-order chi connectivity index (χ0) is 18.2. The van der Waals surface area contributed by atoms with Crippen molar-refractivity contribution >= 4 is 21.9 Å². The largest absolute Gasteiger partial charge is 0.459 e. The Kier molecular flexibility index (Phi) is 3.65. The van der Waals surface area contributed by atoms with Gasteiger partial charge < -0.3 is 8.83 Å². The van der Waals surface area contributed by atoms with E-state index in [1.54, 1.807) is 6.07 Å². The van der Waals surface area contributed by atoms with Gasteiger partial charge in [0.15, 0.2) is 5.58 Å². The van der Waals surface area contributed by atoms with Crippen molar-refractivity contribution in [3.05, 3.63) is 107 Å². The summed E-state index contributed by atoms with van der Waals surface area (Å²) in [5.74, 6) is 0.769. The quantitative estimate of drug-likeness (QED) is 0.386. The highest BCUT2D eigenvalue weighted by Crippen LogP contribution is 2.37. The Bertz CT molecular complexity index is 1300. The molecule has 0 amide bonds. The van der Waals surface area contributed by atoms with Crippen LogP contribution >= 0.6 is 0 Å². The van der Waals surface area contributed by atoms with E-state index in [1.807, 2.05) is 66.7 Å². The molecule has 0 aliphatic heterocycles. The smallest absolute Gasteiger partial charge is 0.348 e. The minimum absolute atomic E-state index is 0.370. The standard InChI is InChI=1S/C24H16O3/c25-24-22-21(17-11-5-2-6-12-17)20(15-16-9-3-1-4-10-16)26-23(22)18-13-7-8-14-19(18)27-24/h1-14H,15H2. The Labute approximate surface area is 155 Å². The van der Waals surface area contributed by atoms with Gasteiger partial charge in [0, 0.05) is 12.0 Å². The molecule has 5 rings (SSSR count). The van der Waals surface area contributed by atoms with Gasteiger partial charge in [-0.25, -0.2) is 4.79 Å². The summed E-state index contributed by atoms with van der Waals surface area (Å²) in [4.78, 5) is 12.8. The molecule has 3 nitrogen and oxygen atoms in total. The van der Waals surface area contributed by atoms with Crippen molar-refractivity contribution in [3.8, 4) is 11.1 Å². The molecule has 2 heterocycles. The monoisotopic (exact) mass is 352 g/mol. The van der Waals surface area contributed by atoms with Crippen LogP contribution in [0.15, 0.2) is 98.6 Å². The van der Waals surface area contributed by atoms with Gasteiger partial charge in [0.1, 0.15) is 16.7 Å². The molecule has 0 fully saturated rings. The van der Waals surface area contributed by atoms with Gasteiger partial charge in [-0.1, -0.05) is 72.8 Å². The van der Waals surface area contributed by atoms with E-state index in [0.717, 1.165) is 27.8 Å². The Morgan fingerprint density at radius 1 is 0.704 bits per heavy atom. The SMILES string of the molecule is O=c1oc2ccccc2c2oc(Cc3ccccc3)c(-c3ccccc3)c12. The fourth-order valence-corrected chi connectivity index (χ4v) is 3.57. The molecule has 0 saturated carbocycles. The summed E-state index contributed by atoms with van der Waals surface area (Å²) in [7, 11) is 0. The summed E-state index contributed by atoms with van der Waals surface area (Å²) in [5, 5.41) is 1.31. The van der Waals surface area contributed by atoms with Crippen LogP contribution in [-0.4, -0.2) is 0 Å². The van der Waals surface area contributed by atoms with Gasteiger partial charge in [-0.2, -0.15) is 0 Å². The van der Waals surface area contributed by atoms with E-state index in [4.69, 9.17) is 8.83 Å². The van der Waals surface area contributed by atoms with E-state index < -0.39 is 0 Å². The number of para-hydroxylation sites is 1. The third-order valence-electron chi connectivity index (χ3n) is 4.79. The van der Waals surface area contributed by atoms with E-state index in [-0.39, 0.29) is 5.63 Å². The lowest BCUT2D eigenvalue weighted by Crippen LogP contribution is -2.00. The number of fused-ring (bicyclic) bond motifs is 3. The van der Waals surface area contributed by atoms with Gasteiger partial charge in [0.2, 0.25) is 0 Å². The van der Waals surface area contributed by atoms with E-state index in [1.165, 1.54) is 0 Å². The molecule has 5 aromatic rings. The summed E-state index contributed by atoms with van der Waals surface area (Å²) in [6, 6.07) is 27.5. The van der Waals surface area contributed by atoms with Gasteiger partial charge >= 0.3 is 5.63 Å². The maximum absolute atomic E-state index is 12.8. The molecule has 0 radical (unpaired) electrons. The number of furan rings is 1. The average Bonchev–Trinajstić information content (AvgIpc) is 3.09. The van der Waals surface area contributed by atoms with E-state index >= 15 is 0 Å². The molecule has 0 unspecified atom stereocenters. The predicted octanol–water partition coefficient (Wildman–Crippen LogP) is 5.80. The van der Waals surface area contributed by atoms with Gasteiger partial charge in [-0.05, 0) is 23.3 Å². The number of hydrogen-bond donors (Lipinski definition) is 0. The van der Waals surface area contributed by atoms with Crippen molar-refractivity contribution in [1.29, 1.82) is 0 Å². The lowest BCUT2D eigenvalue weighted by atomic mass is 9.99. The van der Waals surface area contributed by atoms with Crippen LogP contribution in [0.25, 0.3) is 33.1 Å². The molecule has 3 aromatic carbocycles. The third-order valence-corrected chi connectivity index (χ3v) is 4.79. The van der Waals surface area contributed by atoms with Crippen LogP contribution in [0.5, 0.6) is 0 Å². The van der Waals surface area contributed by atoms with Gasteiger partial charge in [-0.15, -0.1) is 0 Å². The van der Waals surface area contributed by atoms with E-state index in [0.29, 0.717) is 23.0 Å².